The van der Waals surface area contributed by atoms with Crippen LogP contribution in [-0.2, 0) is 11.2 Å². The standard InChI is InChI=1S/C11H15NO3/c1-3-7-8(10(12)11(13)14)5-4-6-9(7)15-2/h4-6,10H,3,12H2,1-2H3,(H,13,14). The highest BCUT2D eigenvalue weighted by Gasteiger charge is 2.19. The molecule has 1 rings (SSSR count). The van der Waals surface area contributed by atoms with Gasteiger partial charge in [0.25, 0.3) is 0 Å². The lowest BCUT2D eigenvalue weighted by atomic mass is 9.98. The van der Waals surface area contributed by atoms with Gasteiger partial charge in [0, 0.05) is 0 Å². The number of ether oxygens (including phenoxy) is 1. The Balaban J connectivity index is 3.22. The molecule has 0 aliphatic heterocycles. The summed E-state index contributed by atoms with van der Waals surface area (Å²) in [6.45, 7) is 1.94. The molecule has 0 amide bonds. The predicted molar refractivity (Wildman–Crippen MR) is 56.9 cm³/mol. The number of aliphatic carboxylic acids is 1. The first kappa shape index (κ1) is 11.5. The zero-order valence-corrected chi connectivity index (χ0v) is 8.86. The summed E-state index contributed by atoms with van der Waals surface area (Å²) in [5.41, 5.74) is 7.05. The Hall–Kier alpha value is -1.55. The zero-order chi connectivity index (χ0) is 11.4. The molecule has 0 fully saturated rings. The van der Waals surface area contributed by atoms with Crippen molar-refractivity contribution < 1.29 is 14.6 Å². The minimum atomic E-state index is -1.03. The van der Waals surface area contributed by atoms with E-state index in [9.17, 15) is 4.79 Å². The number of benzene rings is 1. The molecule has 0 aliphatic rings. The summed E-state index contributed by atoms with van der Waals surface area (Å²) in [7, 11) is 1.56. The second-order valence-corrected chi connectivity index (χ2v) is 3.20. The fourth-order valence-corrected chi connectivity index (χ4v) is 1.58. The van der Waals surface area contributed by atoms with Gasteiger partial charge in [-0.3, -0.25) is 4.79 Å². The normalized spacial score (nSPS) is 12.2. The summed E-state index contributed by atoms with van der Waals surface area (Å²) in [5.74, 6) is -0.343. The lowest BCUT2D eigenvalue weighted by Gasteiger charge is -2.15. The molecule has 3 N–H and O–H groups in total. The van der Waals surface area contributed by atoms with Crippen molar-refractivity contribution in [2.45, 2.75) is 19.4 Å². The molecular weight excluding hydrogens is 194 g/mol. The molecule has 0 heterocycles. The predicted octanol–water partition coefficient (Wildman–Crippen LogP) is 1.34. The minimum absolute atomic E-state index is 0.615. The zero-order valence-electron chi connectivity index (χ0n) is 8.86. The van der Waals surface area contributed by atoms with Crippen molar-refractivity contribution in [1.29, 1.82) is 0 Å². The fraction of sp³-hybridized carbons (Fsp3) is 0.364. The average Bonchev–Trinajstić information content (AvgIpc) is 2.26. The second kappa shape index (κ2) is 4.79. The molecule has 0 aliphatic carbocycles. The third-order valence-corrected chi connectivity index (χ3v) is 2.34. The number of carboxylic acid groups (broad SMARTS) is 1. The van der Waals surface area contributed by atoms with Crippen molar-refractivity contribution in [3.63, 3.8) is 0 Å². The summed E-state index contributed by atoms with van der Waals surface area (Å²) in [6.07, 6.45) is 0.695. The Morgan fingerprint density at radius 2 is 2.27 bits per heavy atom. The van der Waals surface area contributed by atoms with E-state index in [0.717, 1.165) is 5.56 Å². The van der Waals surface area contributed by atoms with Crippen molar-refractivity contribution in [3.8, 4) is 5.75 Å². The highest BCUT2D eigenvalue weighted by Crippen LogP contribution is 2.26. The summed E-state index contributed by atoms with van der Waals surface area (Å²) in [6, 6.07) is 4.28. The van der Waals surface area contributed by atoms with Gasteiger partial charge >= 0.3 is 5.97 Å². The molecule has 0 bridgehead atoms. The molecule has 1 aromatic carbocycles. The molecule has 1 aromatic rings. The van der Waals surface area contributed by atoms with E-state index < -0.39 is 12.0 Å². The number of hydrogen-bond donors (Lipinski definition) is 2. The maximum atomic E-state index is 10.8. The Labute approximate surface area is 88.7 Å². The second-order valence-electron chi connectivity index (χ2n) is 3.20. The molecule has 1 atom stereocenters. The van der Waals surface area contributed by atoms with E-state index in [0.29, 0.717) is 17.7 Å². The van der Waals surface area contributed by atoms with Gasteiger partial charge < -0.3 is 15.6 Å². The fourth-order valence-electron chi connectivity index (χ4n) is 1.58. The molecular formula is C11H15NO3. The molecule has 0 radical (unpaired) electrons. The van der Waals surface area contributed by atoms with E-state index >= 15 is 0 Å². The summed E-state index contributed by atoms with van der Waals surface area (Å²) < 4.78 is 5.16. The van der Waals surface area contributed by atoms with E-state index in [-0.39, 0.29) is 0 Å². The van der Waals surface area contributed by atoms with Crippen molar-refractivity contribution in [3.05, 3.63) is 29.3 Å². The van der Waals surface area contributed by atoms with Crippen molar-refractivity contribution in [1.82, 2.24) is 0 Å². The van der Waals surface area contributed by atoms with Gasteiger partial charge in [-0.1, -0.05) is 19.1 Å². The third-order valence-electron chi connectivity index (χ3n) is 2.34. The lowest BCUT2D eigenvalue weighted by Crippen LogP contribution is -2.22. The minimum Gasteiger partial charge on any atom is -0.496 e. The van der Waals surface area contributed by atoms with Crippen molar-refractivity contribution in [2.75, 3.05) is 7.11 Å². The Kier molecular flexibility index (Phi) is 3.68. The number of methoxy groups -OCH3 is 1. The highest BCUT2D eigenvalue weighted by atomic mass is 16.5. The van der Waals surface area contributed by atoms with Gasteiger partial charge in [0.05, 0.1) is 7.11 Å². The molecule has 0 saturated carbocycles. The highest BCUT2D eigenvalue weighted by molar-refractivity contribution is 5.76. The van der Waals surface area contributed by atoms with Crippen LogP contribution in [0, 0.1) is 0 Å². The topological polar surface area (TPSA) is 72.5 Å². The molecule has 15 heavy (non-hydrogen) atoms. The molecule has 0 saturated heterocycles. The van der Waals surface area contributed by atoms with Crippen LogP contribution in [0.2, 0.25) is 0 Å². The Morgan fingerprint density at radius 3 is 2.73 bits per heavy atom. The molecule has 0 spiro atoms. The molecule has 0 aromatic heterocycles. The Morgan fingerprint density at radius 1 is 1.60 bits per heavy atom. The van der Waals surface area contributed by atoms with Crippen LogP contribution in [0.25, 0.3) is 0 Å². The van der Waals surface area contributed by atoms with E-state index in [1.54, 1.807) is 25.3 Å². The molecule has 82 valence electrons. The third kappa shape index (κ3) is 2.27. The van der Waals surface area contributed by atoms with Crippen molar-refractivity contribution >= 4 is 5.97 Å². The SMILES string of the molecule is CCc1c(OC)cccc1C(N)C(=O)O. The summed E-state index contributed by atoms with van der Waals surface area (Å²) >= 11 is 0. The number of carbonyl (C=O) groups is 1. The molecule has 4 heteroatoms. The van der Waals surface area contributed by atoms with E-state index in [1.807, 2.05) is 6.92 Å². The number of nitrogens with two attached hydrogens (primary N) is 1. The van der Waals surface area contributed by atoms with Gasteiger partial charge in [-0.25, -0.2) is 0 Å². The largest absolute Gasteiger partial charge is 0.496 e. The number of rotatable bonds is 4. The maximum absolute atomic E-state index is 10.8. The van der Waals surface area contributed by atoms with Crippen LogP contribution in [0.15, 0.2) is 18.2 Å². The van der Waals surface area contributed by atoms with Crippen LogP contribution < -0.4 is 10.5 Å². The van der Waals surface area contributed by atoms with Crippen LogP contribution in [0.1, 0.15) is 24.1 Å². The lowest BCUT2D eigenvalue weighted by molar-refractivity contribution is -0.138. The summed E-state index contributed by atoms with van der Waals surface area (Å²) in [4.78, 5) is 10.8. The first-order chi connectivity index (χ1) is 7.11. The van der Waals surface area contributed by atoms with Gasteiger partial charge in [0.1, 0.15) is 11.8 Å². The van der Waals surface area contributed by atoms with Gasteiger partial charge in [-0.05, 0) is 23.6 Å². The molecule has 1 unspecified atom stereocenters. The first-order valence-corrected chi connectivity index (χ1v) is 4.76. The van der Waals surface area contributed by atoms with E-state index in [2.05, 4.69) is 0 Å². The van der Waals surface area contributed by atoms with Gasteiger partial charge in [0.2, 0.25) is 0 Å². The van der Waals surface area contributed by atoms with Gasteiger partial charge in [0.15, 0.2) is 0 Å². The quantitative estimate of drug-likeness (QED) is 0.784. The summed E-state index contributed by atoms with van der Waals surface area (Å²) in [5, 5.41) is 8.85. The van der Waals surface area contributed by atoms with E-state index in [1.165, 1.54) is 0 Å². The Bertz CT molecular complexity index is 363. The van der Waals surface area contributed by atoms with Crippen LogP contribution >= 0.6 is 0 Å². The van der Waals surface area contributed by atoms with Gasteiger partial charge in [-0.15, -0.1) is 0 Å². The van der Waals surface area contributed by atoms with Crippen molar-refractivity contribution in [2.24, 2.45) is 5.73 Å². The van der Waals surface area contributed by atoms with Crippen LogP contribution in [0.5, 0.6) is 5.75 Å². The van der Waals surface area contributed by atoms with Crippen LogP contribution in [0.4, 0.5) is 0 Å². The average molecular weight is 209 g/mol. The van der Waals surface area contributed by atoms with Gasteiger partial charge in [-0.2, -0.15) is 0 Å². The smallest absolute Gasteiger partial charge is 0.325 e. The van der Waals surface area contributed by atoms with Crippen LogP contribution in [0.3, 0.4) is 0 Å². The first-order valence-electron chi connectivity index (χ1n) is 4.76. The number of hydrogen-bond acceptors (Lipinski definition) is 3. The molecule has 4 nitrogen and oxygen atoms in total. The maximum Gasteiger partial charge on any atom is 0.325 e. The monoisotopic (exact) mass is 209 g/mol. The van der Waals surface area contributed by atoms with Crippen LogP contribution in [-0.4, -0.2) is 18.2 Å². The van der Waals surface area contributed by atoms with E-state index in [4.69, 9.17) is 15.6 Å². The number of carboxylic acids is 1.